The Morgan fingerprint density at radius 2 is 2.00 bits per heavy atom. The van der Waals surface area contributed by atoms with Gasteiger partial charge in [-0.15, -0.1) is 0 Å². The fraction of sp³-hybridized carbons (Fsp3) is 0.333. The van der Waals surface area contributed by atoms with Crippen molar-refractivity contribution in [1.29, 1.82) is 0 Å². The summed E-state index contributed by atoms with van der Waals surface area (Å²) in [6.07, 6.45) is 1.04. The second-order valence-electron chi connectivity index (χ2n) is 4.78. The maximum absolute atomic E-state index is 6.13. The highest BCUT2D eigenvalue weighted by atomic mass is 35.5. The maximum Gasteiger partial charge on any atom is 0.229 e. The number of aryl methyl sites for hydroxylation is 1. The van der Waals surface area contributed by atoms with Crippen molar-refractivity contribution in [3.8, 4) is 0 Å². The summed E-state index contributed by atoms with van der Waals surface area (Å²) in [4.78, 5) is 8.85. The summed E-state index contributed by atoms with van der Waals surface area (Å²) in [6.45, 7) is 6.20. The van der Waals surface area contributed by atoms with Gasteiger partial charge in [0.05, 0.1) is 10.7 Å². The largest absolute Gasteiger partial charge is 0.367 e. The number of benzene rings is 1. The zero-order valence-corrected chi connectivity index (χ0v) is 12.7. The Bertz CT molecular complexity index is 586. The Hall–Kier alpha value is -1.81. The van der Waals surface area contributed by atoms with Crippen molar-refractivity contribution < 1.29 is 0 Å². The molecule has 2 aromatic rings. The van der Waals surface area contributed by atoms with Crippen LogP contribution in [0.1, 0.15) is 26.0 Å². The van der Waals surface area contributed by atoms with Crippen LogP contribution in [0.2, 0.25) is 5.02 Å². The Balaban J connectivity index is 2.22. The van der Waals surface area contributed by atoms with E-state index >= 15 is 0 Å². The van der Waals surface area contributed by atoms with Gasteiger partial charge in [0, 0.05) is 17.8 Å². The molecule has 0 fully saturated rings. The Morgan fingerprint density at radius 3 is 2.70 bits per heavy atom. The number of aromatic nitrogens is 2. The average Bonchev–Trinajstić information content (AvgIpc) is 2.40. The van der Waals surface area contributed by atoms with Crippen molar-refractivity contribution in [3.63, 3.8) is 0 Å². The van der Waals surface area contributed by atoms with Crippen LogP contribution in [0.4, 0.5) is 17.5 Å². The van der Waals surface area contributed by atoms with E-state index in [0.29, 0.717) is 17.0 Å². The highest BCUT2D eigenvalue weighted by Crippen LogP contribution is 2.24. The van der Waals surface area contributed by atoms with Crippen molar-refractivity contribution in [1.82, 2.24) is 9.97 Å². The standard InChI is InChI=1S/C15H19ClN4/c1-4-10(2)17-14-9-11(3)18-15(20-14)19-13-8-6-5-7-12(13)16/h5-10H,4H2,1-3H3,(H2,17,18,19,20). The van der Waals surface area contributed by atoms with E-state index in [1.807, 2.05) is 37.3 Å². The molecule has 1 atom stereocenters. The van der Waals surface area contributed by atoms with Crippen LogP contribution in [-0.4, -0.2) is 16.0 Å². The number of halogens is 1. The third-order valence-corrected chi connectivity index (χ3v) is 3.31. The quantitative estimate of drug-likeness (QED) is 0.857. The summed E-state index contributed by atoms with van der Waals surface area (Å²) >= 11 is 6.13. The molecule has 1 unspecified atom stereocenters. The van der Waals surface area contributed by atoms with Gasteiger partial charge in [0.15, 0.2) is 0 Å². The predicted octanol–water partition coefficient (Wildman–Crippen LogP) is 4.39. The van der Waals surface area contributed by atoms with Crippen molar-refractivity contribution in [2.24, 2.45) is 0 Å². The number of rotatable bonds is 5. The minimum Gasteiger partial charge on any atom is -0.367 e. The molecule has 0 radical (unpaired) electrons. The van der Waals surface area contributed by atoms with E-state index in [4.69, 9.17) is 11.6 Å². The Morgan fingerprint density at radius 1 is 1.25 bits per heavy atom. The highest BCUT2D eigenvalue weighted by Gasteiger charge is 2.06. The number of nitrogens with one attached hydrogen (secondary N) is 2. The van der Waals surface area contributed by atoms with Gasteiger partial charge in [-0.2, -0.15) is 4.98 Å². The lowest BCUT2D eigenvalue weighted by Gasteiger charge is -2.14. The van der Waals surface area contributed by atoms with Crippen LogP contribution in [0.3, 0.4) is 0 Å². The normalized spacial score (nSPS) is 12.0. The number of hydrogen-bond acceptors (Lipinski definition) is 4. The number of hydrogen-bond donors (Lipinski definition) is 2. The Kier molecular flexibility index (Phi) is 4.79. The summed E-state index contributed by atoms with van der Waals surface area (Å²) in [7, 11) is 0. The molecule has 20 heavy (non-hydrogen) atoms. The topological polar surface area (TPSA) is 49.8 Å². The Labute approximate surface area is 124 Å². The molecule has 4 nitrogen and oxygen atoms in total. The van der Waals surface area contributed by atoms with Crippen molar-refractivity contribution in [2.75, 3.05) is 10.6 Å². The van der Waals surface area contributed by atoms with Crippen LogP contribution in [-0.2, 0) is 0 Å². The van der Waals surface area contributed by atoms with E-state index < -0.39 is 0 Å². The lowest BCUT2D eigenvalue weighted by atomic mass is 10.2. The smallest absolute Gasteiger partial charge is 0.229 e. The first-order valence-corrected chi connectivity index (χ1v) is 7.10. The summed E-state index contributed by atoms with van der Waals surface area (Å²) in [5.74, 6) is 1.37. The molecule has 2 N–H and O–H groups in total. The van der Waals surface area contributed by atoms with Crippen LogP contribution in [0.15, 0.2) is 30.3 Å². The van der Waals surface area contributed by atoms with E-state index in [-0.39, 0.29) is 0 Å². The average molecular weight is 291 g/mol. The second kappa shape index (κ2) is 6.57. The molecular formula is C15H19ClN4. The van der Waals surface area contributed by atoms with E-state index in [9.17, 15) is 0 Å². The second-order valence-corrected chi connectivity index (χ2v) is 5.18. The zero-order chi connectivity index (χ0) is 14.5. The molecule has 106 valence electrons. The molecule has 0 aliphatic heterocycles. The molecule has 0 bridgehead atoms. The molecule has 1 aromatic heterocycles. The first-order chi connectivity index (χ1) is 9.58. The summed E-state index contributed by atoms with van der Waals surface area (Å²) < 4.78 is 0. The lowest BCUT2D eigenvalue weighted by molar-refractivity contribution is 0.758. The van der Waals surface area contributed by atoms with Gasteiger partial charge in [-0.25, -0.2) is 4.98 Å². The summed E-state index contributed by atoms with van der Waals surface area (Å²) in [6, 6.07) is 9.85. The van der Waals surface area contributed by atoms with Crippen molar-refractivity contribution in [3.05, 3.63) is 41.0 Å². The van der Waals surface area contributed by atoms with Crippen molar-refractivity contribution >= 4 is 29.1 Å². The third kappa shape index (κ3) is 3.84. The molecule has 0 amide bonds. The fourth-order valence-electron chi connectivity index (χ4n) is 1.74. The van der Waals surface area contributed by atoms with Gasteiger partial charge in [-0.05, 0) is 32.4 Å². The molecule has 0 saturated carbocycles. The molecule has 2 rings (SSSR count). The number of anilines is 3. The van der Waals surface area contributed by atoms with Crippen molar-refractivity contribution in [2.45, 2.75) is 33.2 Å². The van der Waals surface area contributed by atoms with Crippen LogP contribution >= 0.6 is 11.6 Å². The van der Waals surface area contributed by atoms with Crippen LogP contribution < -0.4 is 10.6 Å². The van der Waals surface area contributed by atoms with E-state index in [1.54, 1.807) is 0 Å². The minimum atomic E-state index is 0.373. The molecule has 0 saturated heterocycles. The monoisotopic (exact) mass is 290 g/mol. The molecule has 0 spiro atoms. The number of nitrogens with zero attached hydrogens (tertiary/aromatic N) is 2. The van der Waals surface area contributed by atoms with E-state index in [1.165, 1.54) is 0 Å². The molecule has 1 heterocycles. The van der Waals surface area contributed by atoms with E-state index in [2.05, 4.69) is 34.4 Å². The SMILES string of the molecule is CCC(C)Nc1cc(C)nc(Nc2ccccc2Cl)n1. The van der Waals surface area contributed by atoms with Gasteiger partial charge in [0.25, 0.3) is 0 Å². The van der Waals surface area contributed by atoms with E-state index in [0.717, 1.165) is 23.6 Å². The predicted molar refractivity (Wildman–Crippen MR) is 84.9 cm³/mol. The number of para-hydroxylation sites is 1. The van der Waals surface area contributed by atoms with Crippen LogP contribution in [0.5, 0.6) is 0 Å². The van der Waals surface area contributed by atoms with Crippen LogP contribution in [0.25, 0.3) is 0 Å². The van der Waals surface area contributed by atoms with Gasteiger partial charge < -0.3 is 10.6 Å². The van der Waals surface area contributed by atoms with Gasteiger partial charge >= 0.3 is 0 Å². The minimum absolute atomic E-state index is 0.373. The van der Waals surface area contributed by atoms with Gasteiger partial charge in [-0.1, -0.05) is 30.7 Å². The molecule has 1 aromatic carbocycles. The van der Waals surface area contributed by atoms with Crippen LogP contribution in [0, 0.1) is 6.92 Å². The first-order valence-electron chi connectivity index (χ1n) is 6.72. The lowest BCUT2D eigenvalue weighted by Crippen LogP contribution is -2.15. The van der Waals surface area contributed by atoms with Gasteiger partial charge in [0.2, 0.25) is 5.95 Å². The third-order valence-electron chi connectivity index (χ3n) is 2.98. The highest BCUT2D eigenvalue weighted by molar-refractivity contribution is 6.33. The fourth-order valence-corrected chi connectivity index (χ4v) is 1.92. The molecular weight excluding hydrogens is 272 g/mol. The summed E-state index contributed by atoms with van der Waals surface area (Å²) in [5.41, 5.74) is 1.70. The maximum atomic E-state index is 6.13. The molecule has 0 aliphatic rings. The van der Waals surface area contributed by atoms with Gasteiger partial charge in [0.1, 0.15) is 5.82 Å². The molecule has 5 heteroatoms. The zero-order valence-electron chi connectivity index (χ0n) is 11.9. The first kappa shape index (κ1) is 14.6. The van der Waals surface area contributed by atoms with Gasteiger partial charge in [-0.3, -0.25) is 0 Å². The summed E-state index contributed by atoms with van der Waals surface area (Å²) in [5, 5.41) is 7.15. The molecule has 0 aliphatic carbocycles.